The van der Waals surface area contributed by atoms with Crippen LogP contribution in [-0.4, -0.2) is 27.0 Å². The summed E-state index contributed by atoms with van der Waals surface area (Å²) >= 11 is 0. The predicted molar refractivity (Wildman–Crippen MR) is 92.9 cm³/mol. The van der Waals surface area contributed by atoms with Gasteiger partial charge in [-0.05, 0) is 56.3 Å². The summed E-state index contributed by atoms with van der Waals surface area (Å²) in [5.74, 6) is -0.672. The van der Waals surface area contributed by atoms with Crippen LogP contribution < -0.4 is 14.8 Å². The van der Waals surface area contributed by atoms with Crippen LogP contribution in [-0.2, 0) is 10.0 Å². The number of anilines is 1. The van der Waals surface area contributed by atoms with Gasteiger partial charge < -0.3 is 10.1 Å². The van der Waals surface area contributed by atoms with Crippen molar-refractivity contribution in [2.45, 2.75) is 31.4 Å². The van der Waals surface area contributed by atoms with E-state index in [4.69, 9.17) is 0 Å². The van der Waals surface area contributed by atoms with Crippen LogP contribution in [0.15, 0.2) is 53.4 Å². The molecule has 0 saturated carbocycles. The van der Waals surface area contributed by atoms with Gasteiger partial charge in [0, 0.05) is 17.3 Å². The molecular formula is C17H18F2N2O4S. The molecule has 6 nitrogen and oxygen atoms in total. The molecule has 1 amide bonds. The smallest absolute Gasteiger partial charge is 0.387 e. The molecule has 0 heterocycles. The van der Waals surface area contributed by atoms with Crippen molar-refractivity contribution in [2.24, 2.45) is 0 Å². The molecule has 2 N–H and O–H groups in total. The van der Waals surface area contributed by atoms with E-state index in [1.807, 2.05) is 0 Å². The summed E-state index contributed by atoms with van der Waals surface area (Å²) in [7, 11) is -3.62. The number of alkyl halides is 2. The van der Waals surface area contributed by atoms with Crippen LogP contribution in [0.25, 0.3) is 0 Å². The molecule has 0 aliphatic rings. The number of hydrogen-bond donors (Lipinski definition) is 2. The second kappa shape index (κ2) is 8.24. The minimum absolute atomic E-state index is 0.0662. The molecule has 140 valence electrons. The molecule has 9 heteroatoms. The van der Waals surface area contributed by atoms with Gasteiger partial charge in [0.05, 0.1) is 4.90 Å². The summed E-state index contributed by atoms with van der Waals surface area (Å²) in [6.45, 7) is 0.429. The molecule has 2 aromatic carbocycles. The van der Waals surface area contributed by atoms with Crippen molar-refractivity contribution in [2.75, 3.05) is 5.32 Å². The first-order valence-corrected chi connectivity index (χ1v) is 9.14. The molecule has 0 atom stereocenters. The van der Waals surface area contributed by atoms with Gasteiger partial charge in [0.15, 0.2) is 0 Å². The molecule has 0 fully saturated rings. The second-order valence-corrected chi connectivity index (χ2v) is 7.37. The molecule has 26 heavy (non-hydrogen) atoms. The Kier molecular flexibility index (Phi) is 6.27. The Labute approximate surface area is 150 Å². The molecule has 0 radical (unpaired) electrons. The Morgan fingerprint density at radius 1 is 1.08 bits per heavy atom. The van der Waals surface area contributed by atoms with Gasteiger partial charge in [-0.2, -0.15) is 8.78 Å². The van der Waals surface area contributed by atoms with Crippen molar-refractivity contribution in [1.82, 2.24) is 4.72 Å². The fourth-order valence-electron chi connectivity index (χ4n) is 2.11. The zero-order chi connectivity index (χ0) is 19.3. The van der Waals surface area contributed by atoms with Gasteiger partial charge in [0.1, 0.15) is 5.75 Å². The lowest BCUT2D eigenvalue weighted by atomic mass is 10.2. The highest BCUT2D eigenvalue weighted by Crippen LogP contribution is 2.18. The largest absolute Gasteiger partial charge is 0.435 e. The SMILES string of the molecule is CC(C)NS(=O)(=O)c1ccc(NC(=O)c2cccc(OC(F)F)c2)cc1. The van der Waals surface area contributed by atoms with Crippen LogP contribution in [0.5, 0.6) is 5.75 Å². The average molecular weight is 384 g/mol. The standard InChI is InChI=1S/C17H18F2N2O4S/c1-11(2)21-26(23,24)15-8-6-13(7-9-15)20-16(22)12-4-3-5-14(10-12)25-17(18)19/h3-11,17,21H,1-2H3,(H,20,22). The number of rotatable bonds is 7. The van der Waals surface area contributed by atoms with Gasteiger partial charge in [-0.1, -0.05) is 6.07 Å². The molecule has 0 bridgehead atoms. The highest BCUT2D eigenvalue weighted by atomic mass is 32.2. The van der Waals surface area contributed by atoms with Crippen molar-refractivity contribution in [1.29, 1.82) is 0 Å². The molecule has 0 aliphatic carbocycles. The molecular weight excluding hydrogens is 366 g/mol. The maximum absolute atomic E-state index is 12.2. The number of halogens is 2. The van der Waals surface area contributed by atoms with Crippen molar-refractivity contribution in [3.63, 3.8) is 0 Å². The van der Waals surface area contributed by atoms with E-state index in [9.17, 15) is 22.0 Å². The number of carbonyl (C=O) groups is 1. The van der Waals surface area contributed by atoms with Crippen LogP contribution in [0.1, 0.15) is 24.2 Å². The minimum Gasteiger partial charge on any atom is -0.435 e. The Hall–Kier alpha value is -2.52. The van der Waals surface area contributed by atoms with Gasteiger partial charge in [0.2, 0.25) is 10.0 Å². The van der Waals surface area contributed by atoms with Gasteiger partial charge in [-0.15, -0.1) is 0 Å². The Balaban J connectivity index is 2.10. The van der Waals surface area contributed by atoms with Crippen molar-refractivity contribution < 1.29 is 26.7 Å². The Morgan fingerprint density at radius 2 is 1.73 bits per heavy atom. The number of carbonyl (C=O) groups excluding carboxylic acids is 1. The van der Waals surface area contributed by atoms with E-state index in [0.29, 0.717) is 5.69 Å². The average Bonchev–Trinajstić information content (AvgIpc) is 2.54. The third-order valence-corrected chi connectivity index (χ3v) is 4.81. The molecule has 0 aromatic heterocycles. The third-order valence-electron chi connectivity index (χ3n) is 3.13. The summed E-state index contributed by atoms with van der Waals surface area (Å²) in [6.07, 6.45) is 0. The first kappa shape index (κ1) is 19.8. The van der Waals surface area contributed by atoms with E-state index in [-0.39, 0.29) is 22.3 Å². The number of ether oxygens (including phenoxy) is 1. The maximum atomic E-state index is 12.2. The van der Waals surface area contributed by atoms with Crippen LogP contribution in [0.3, 0.4) is 0 Å². The lowest BCUT2D eigenvalue weighted by molar-refractivity contribution is -0.0498. The number of sulfonamides is 1. The quantitative estimate of drug-likeness (QED) is 0.768. The maximum Gasteiger partial charge on any atom is 0.387 e. The summed E-state index contributed by atoms with van der Waals surface area (Å²) in [4.78, 5) is 12.3. The summed E-state index contributed by atoms with van der Waals surface area (Å²) < 4.78 is 55.3. The van der Waals surface area contributed by atoms with Crippen LogP contribution >= 0.6 is 0 Å². The third kappa shape index (κ3) is 5.50. The van der Waals surface area contributed by atoms with E-state index in [2.05, 4.69) is 14.8 Å². The predicted octanol–water partition coefficient (Wildman–Crippen LogP) is 3.23. The number of hydrogen-bond acceptors (Lipinski definition) is 4. The number of nitrogens with one attached hydrogen (secondary N) is 2. The fraction of sp³-hybridized carbons (Fsp3) is 0.235. The van der Waals surface area contributed by atoms with E-state index >= 15 is 0 Å². The van der Waals surface area contributed by atoms with Gasteiger partial charge in [0.25, 0.3) is 5.91 Å². The van der Waals surface area contributed by atoms with Crippen LogP contribution in [0.2, 0.25) is 0 Å². The van der Waals surface area contributed by atoms with Crippen molar-refractivity contribution in [3.8, 4) is 5.75 Å². The van der Waals surface area contributed by atoms with Crippen molar-refractivity contribution in [3.05, 3.63) is 54.1 Å². The summed E-state index contributed by atoms with van der Waals surface area (Å²) in [6, 6.07) is 10.7. The highest BCUT2D eigenvalue weighted by Gasteiger charge is 2.15. The van der Waals surface area contributed by atoms with Gasteiger partial charge in [-0.25, -0.2) is 13.1 Å². The summed E-state index contributed by atoms with van der Waals surface area (Å²) in [5, 5.41) is 2.56. The molecule has 0 saturated heterocycles. The zero-order valence-electron chi connectivity index (χ0n) is 14.1. The lowest BCUT2D eigenvalue weighted by Gasteiger charge is -2.11. The normalized spacial score (nSPS) is 11.6. The molecule has 0 unspecified atom stereocenters. The highest BCUT2D eigenvalue weighted by molar-refractivity contribution is 7.89. The zero-order valence-corrected chi connectivity index (χ0v) is 14.9. The number of amides is 1. The first-order chi connectivity index (χ1) is 12.2. The van der Waals surface area contributed by atoms with Gasteiger partial charge >= 0.3 is 6.61 Å². The molecule has 0 aliphatic heterocycles. The topological polar surface area (TPSA) is 84.5 Å². The lowest BCUT2D eigenvalue weighted by Crippen LogP contribution is -2.30. The van der Waals surface area contributed by atoms with E-state index < -0.39 is 22.5 Å². The summed E-state index contributed by atoms with van der Waals surface area (Å²) in [5.41, 5.74) is 0.486. The van der Waals surface area contributed by atoms with E-state index in [0.717, 1.165) is 0 Å². The number of benzene rings is 2. The van der Waals surface area contributed by atoms with E-state index in [1.54, 1.807) is 13.8 Å². The molecule has 2 aromatic rings. The minimum atomic E-state index is -3.62. The monoisotopic (exact) mass is 384 g/mol. The molecule has 0 spiro atoms. The molecule has 2 rings (SSSR count). The van der Waals surface area contributed by atoms with Crippen molar-refractivity contribution >= 4 is 21.6 Å². The first-order valence-electron chi connectivity index (χ1n) is 7.66. The van der Waals surface area contributed by atoms with Crippen LogP contribution in [0.4, 0.5) is 14.5 Å². The Bertz CT molecular complexity index is 869. The second-order valence-electron chi connectivity index (χ2n) is 5.66. The fourth-order valence-corrected chi connectivity index (χ4v) is 3.36. The van der Waals surface area contributed by atoms with E-state index in [1.165, 1.54) is 48.5 Å². The van der Waals surface area contributed by atoms with Crippen LogP contribution in [0, 0.1) is 0 Å². The van der Waals surface area contributed by atoms with Gasteiger partial charge in [-0.3, -0.25) is 4.79 Å². The Morgan fingerprint density at radius 3 is 2.31 bits per heavy atom.